The smallest absolute Gasteiger partial charge is 0.104 e. The van der Waals surface area contributed by atoms with Crippen LogP contribution in [0.5, 0.6) is 0 Å². The van der Waals surface area contributed by atoms with Crippen molar-refractivity contribution < 1.29 is 5.11 Å². The van der Waals surface area contributed by atoms with Gasteiger partial charge < -0.3 is 10.8 Å². The van der Waals surface area contributed by atoms with Crippen LogP contribution in [0.3, 0.4) is 0 Å². The zero-order valence-corrected chi connectivity index (χ0v) is 7.66. The summed E-state index contributed by atoms with van der Waals surface area (Å²) in [7, 11) is 0. The van der Waals surface area contributed by atoms with E-state index in [1.165, 1.54) is 0 Å². The number of hydrogen-bond acceptors (Lipinski definition) is 3. The number of nitrogens with one attached hydrogen (secondary N) is 1. The lowest BCUT2D eigenvalue weighted by atomic mass is 10.3. The number of aliphatic hydroxyl groups excluding tert-OH is 1. The topological polar surface area (TPSA) is 70.1 Å². The molecule has 0 aliphatic rings. The van der Waals surface area contributed by atoms with Gasteiger partial charge in [-0.25, -0.2) is 0 Å². The molecule has 11 heavy (non-hydrogen) atoms. The zero-order valence-electron chi connectivity index (χ0n) is 6.84. The van der Waals surface area contributed by atoms with Crippen LogP contribution >= 0.6 is 11.8 Å². The number of amidine groups is 1. The molecule has 0 heterocycles. The van der Waals surface area contributed by atoms with E-state index in [-0.39, 0.29) is 17.7 Å². The van der Waals surface area contributed by atoms with E-state index in [1.807, 2.05) is 6.92 Å². The van der Waals surface area contributed by atoms with Crippen molar-refractivity contribution in [1.82, 2.24) is 0 Å². The minimum absolute atomic E-state index is 0.140. The first-order valence-electron chi connectivity index (χ1n) is 3.78. The highest BCUT2D eigenvalue weighted by Gasteiger charge is 2.08. The van der Waals surface area contributed by atoms with Crippen LogP contribution < -0.4 is 5.73 Å². The van der Waals surface area contributed by atoms with Crippen molar-refractivity contribution in [2.75, 3.05) is 12.4 Å². The maximum atomic E-state index is 8.49. The van der Waals surface area contributed by atoms with Gasteiger partial charge in [-0.05, 0) is 18.6 Å². The molecule has 0 aromatic carbocycles. The molecule has 1 unspecified atom stereocenters. The molecule has 0 saturated carbocycles. The van der Waals surface area contributed by atoms with Crippen LogP contribution in [0.25, 0.3) is 0 Å². The van der Waals surface area contributed by atoms with Gasteiger partial charge in [0, 0.05) is 6.61 Å². The molecule has 0 aromatic rings. The Hall–Kier alpha value is -0.220. The van der Waals surface area contributed by atoms with Crippen molar-refractivity contribution >= 4 is 17.6 Å². The first-order chi connectivity index (χ1) is 5.22. The van der Waals surface area contributed by atoms with Crippen LogP contribution in [-0.2, 0) is 0 Å². The summed E-state index contributed by atoms with van der Waals surface area (Å²) >= 11 is 1.64. The number of aliphatic hydroxyl groups is 1. The van der Waals surface area contributed by atoms with Gasteiger partial charge in [-0.1, -0.05) is 6.92 Å². The highest BCUT2D eigenvalue weighted by molar-refractivity contribution is 8.00. The minimum Gasteiger partial charge on any atom is -0.396 e. The highest BCUT2D eigenvalue weighted by atomic mass is 32.2. The zero-order chi connectivity index (χ0) is 8.69. The van der Waals surface area contributed by atoms with E-state index in [0.717, 1.165) is 18.6 Å². The van der Waals surface area contributed by atoms with E-state index < -0.39 is 0 Å². The third-order valence-corrected chi connectivity index (χ3v) is 2.85. The molecule has 0 saturated heterocycles. The molecule has 0 aromatic heterocycles. The van der Waals surface area contributed by atoms with E-state index in [0.29, 0.717) is 0 Å². The van der Waals surface area contributed by atoms with Gasteiger partial charge in [-0.2, -0.15) is 11.8 Å². The summed E-state index contributed by atoms with van der Waals surface area (Å²) < 4.78 is 0. The minimum atomic E-state index is 0.140. The van der Waals surface area contributed by atoms with Gasteiger partial charge in [0.25, 0.3) is 0 Å². The number of rotatable bonds is 6. The van der Waals surface area contributed by atoms with Crippen molar-refractivity contribution in [1.29, 1.82) is 5.41 Å². The Kier molecular flexibility index (Phi) is 6.36. The first-order valence-corrected chi connectivity index (χ1v) is 4.83. The monoisotopic (exact) mass is 176 g/mol. The van der Waals surface area contributed by atoms with Crippen LogP contribution in [0.2, 0.25) is 0 Å². The van der Waals surface area contributed by atoms with Crippen LogP contribution in [0, 0.1) is 5.41 Å². The fraction of sp³-hybridized carbons (Fsp3) is 0.857. The molecule has 4 heteroatoms. The van der Waals surface area contributed by atoms with Gasteiger partial charge in [-0.15, -0.1) is 0 Å². The first kappa shape index (κ1) is 10.8. The molecule has 66 valence electrons. The van der Waals surface area contributed by atoms with Crippen molar-refractivity contribution in [2.45, 2.75) is 25.0 Å². The summed E-state index contributed by atoms with van der Waals surface area (Å²) in [6, 6.07) is 0. The van der Waals surface area contributed by atoms with E-state index >= 15 is 0 Å². The predicted octanol–water partition coefficient (Wildman–Crippen LogP) is 0.817. The largest absolute Gasteiger partial charge is 0.396 e. The summed E-state index contributed by atoms with van der Waals surface area (Å²) in [6.45, 7) is 2.24. The molecule has 0 rings (SSSR count). The third-order valence-electron chi connectivity index (χ3n) is 1.34. The molecular formula is C7H16N2OS. The molecule has 3 nitrogen and oxygen atoms in total. The van der Waals surface area contributed by atoms with Gasteiger partial charge in [0.05, 0.1) is 5.25 Å². The summed E-state index contributed by atoms with van der Waals surface area (Å²) in [4.78, 5) is 0. The maximum absolute atomic E-state index is 8.49. The van der Waals surface area contributed by atoms with Gasteiger partial charge in [0.15, 0.2) is 0 Å². The summed E-state index contributed by atoms with van der Waals surface area (Å²) in [5, 5.41) is 15.8. The van der Waals surface area contributed by atoms with Crippen LogP contribution in [0.1, 0.15) is 19.8 Å². The quantitative estimate of drug-likeness (QED) is 0.319. The molecule has 0 spiro atoms. The maximum Gasteiger partial charge on any atom is 0.104 e. The number of thioether (sulfide) groups is 1. The van der Waals surface area contributed by atoms with Crippen LogP contribution in [0.15, 0.2) is 0 Å². The van der Waals surface area contributed by atoms with E-state index in [9.17, 15) is 0 Å². The molecular weight excluding hydrogens is 160 g/mol. The Labute approximate surface area is 71.9 Å². The standard InChI is InChI=1S/C7H16N2OS/c1-2-6(7(8)9)11-5-3-4-10/h6,10H,2-5H2,1H3,(H3,8,9). The van der Waals surface area contributed by atoms with Gasteiger partial charge in [-0.3, -0.25) is 5.41 Å². The Balaban J connectivity index is 3.44. The second kappa shape index (κ2) is 6.49. The van der Waals surface area contributed by atoms with Crippen molar-refractivity contribution in [2.24, 2.45) is 5.73 Å². The van der Waals surface area contributed by atoms with E-state index in [2.05, 4.69) is 0 Å². The molecule has 4 N–H and O–H groups in total. The van der Waals surface area contributed by atoms with Gasteiger partial charge in [0.1, 0.15) is 5.84 Å². The predicted molar refractivity (Wildman–Crippen MR) is 50.2 cm³/mol. The highest BCUT2D eigenvalue weighted by Crippen LogP contribution is 2.14. The molecule has 0 amide bonds. The van der Waals surface area contributed by atoms with Crippen molar-refractivity contribution in [3.8, 4) is 0 Å². The summed E-state index contributed by atoms with van der Waals surface area (Å²) in [5.41, 5.74) is 5.33. The fourth-order valence-electron chi connectivity index (χ4n) is 0.718. The molecule has 0 aliphatic heterocycles. The van der Waals surface area contributed by atoms with E-state index in [1.54, 1.807) is 11.8 Å². The lowest BCUT2D eigenvalue weighted by Gasteiger charge is -2.11. The third kappa shape index (κ3) is 5.09. The molecule has 0 aliphatic carbocycles. The average molecular weight is 176 g/mol. The number of hydrogen-bond donors (Lipinski definition) is 3. The fourth-order valence-corrected chi connectivity index (χ4v) is 1.71. The Morgan fingerprint density at radius 2 is 2.36 bits per heavy atom. The SMILES string of the molecule is CCC(SCCCO)C(=N)N. The van der Waals surface area contributed by atoms with Crippen LogP contribution in [0.4, 0.5) is 0 Å². The Morgan fingerprint density at radius 1 is 1.73 bits per heavy atom. The summed E-state index contributed by atoms with van der Waals surface area (Å²) in [6.07, 6.45) is 1.68. The van der Waals surface area contributed by atoms with Crippen molar-refractivity contribution in [3.05, 3.63) is 0 Å². The normalized spacial score (nSPS) is 12.9. The number of nitrogens with two attached hydrogens (primary N) is 1. The molecule has 1 atom stereocenters. The average Bonchev–Trinajstić information content (AvgIpc) is 1.97. The molecule has 0 radical (unpaired) electrons. The lowest BCUT2D eigenvalue weighted by Crippen LogP contribution is -2.24. The van der Waals surface area contributed by atoms with E-state index in [4.69, 9.17) is 16.2 Å². The Bertz CT molecular complexity index is 119. The van der Waals surface area contributed by atoms with Gasteiger partial charge in [0.2, 0.25) is 0 Å². The molecule has 0 fully saturated rings. The molecule has 0 bridgehead atoms. The van der Waals surface area contributed by atoms with Crippen molar-refractivity contribution in [3.63, 3.8) is 0 Å². The second-order valence-corrected chi connectivity index (χ2v) is 3.61. The van der Waals surface area contributed by atoms with Crippen LogP contribution in [-0.4, -0.2) is 28.6 Å². The summed E-state index contributed by atoms with van der Waals surface area (Å²) in [5.74, 6) is 1.13. The Morgan fingerprint density at radius 3 is 2.73 bits per heavy atom. The second-order valence-electron chi connectivity index (χ2n) is 2.30. The lowest BCUT2D eigenvalue weighted by molar-refractivity contribution is 0.296. The van der Waals surface area contributed by atoms with Gasteiger partial charge >= 0.3 is 0 Å².